The number of alkyl halides is 3. The average Bonchev–Trinajstić information content (AvgIpc) is 3.11. The molecule has 0 bridgehead atoms. The highest BCUT2D eigenvalue weighted by molar-refractivity contribution is 7.91. The summed E-state index contributed by atoms with van der Waals surface area (Å²) < 4.78 is 105. The van der Waals surface area contributed by atoms with Gasteiger partial charge in [-0.3, -0.25) is 0 Å². The van der Waals surface area contributed by atoms with Crippen molar-refractivity contribution in [3.05, 3.63) is 41.0 Å². The van der Waals surface area contributed by atoms with Crippen LogP contribution in [0.2, 0.25) is 0 Å². The van der Waals surface area contributed by atoms with E-state index < -0.39 is 59.6 Å². The molecule has 0 spiro atoms. The molecule has 1 N–H and O–H groups in total. The summed E-state index contributed by atoms with van der Waals surface area (Å²) in [5.74, 6) is -0.781. The van der Waals surface area contributed by atoms with Crippen molar-refractivity contribution in [3.63, 3.8) is 0 Å². The molecule has 7 nitrogen and oxygen atoms in total. The monoisotopic (exact) mass is 461 g/mol. The van der Waals surface area contributed by atoms with Crippen molar-refractivity contribution in [1.29, 1.82) is 0 Å². The standard InChI is InChI=1S/C14H15F4N3O4S3/c1-3-21(12(14(16,17)18)9-4-6-10(15)7-5-9)28(24,25)11-8-26-13(20-11)27(22,23)19-2/h4-8,12,19H,3H2,1-2H3. The predicted molar refractivity (Wildman–Crippen MR) is 93.1 cm³/mol. The molecule has 0 fully saturated rings. The third-order valence-corrected chi connectivity index (χ3v) is 8.27. The summed E-state index contributed by atoms with van der Waals surface area (Å²) in [5.41, 5.74) is -0.488. The molecule has 156 valence electrons. The summed E-state index contributed by atoms with van der Waals surface area (Å²) >= 11 is 0.455. The summed E-state index contributed by atoms with van der Waals surface area (Å²) in [4.78, 5) is 3.48. The minimum Gasteiger partial charge on any atom is -0.212 e. The fourth-order valence-electron chi connectivity index (χ4n) is 2.35. The van der Waals surface area contributed by atoms with Crippen molar-refractivity contribution in [3.8, 4) is 0 Å². The summed E-state index contributed by atoms with van der Waals surface area (Å²) in [6.45, 7) is 0.604. The number of sulfonamides is 2. The van der Waals surface area contributed by atoms with Crippen LogP contribution in [0.4, 0.5) is 17.6 Å². The first-order chi connectivity index (χ1) is 12.8. The maximum absolute atomic E-state index is 13.7. The lowest BCUT2D eigenvalue weighted by atomic mass is 10.1. The van der Waals surface area contributed by atoms with Crippen molar-refractivity contribution >= 4 is 31.4 Å². The number of thiazole rings is 1. The topological polar surface area (TPSA) is 96.4 Å². The molecule has 1 atom stereocenters. The van der Waals surface area contributed by atoms with Crippen molar-refractivity contribution < 1.29 is 34.4 Å². The highest BCUT2D eigenvalue weighted by atomic mass is 32.2. The van der Waals surface area contributed by atoms with E-state index in [0.29, 0.717) is 11.3 Å². The van der Waals surface area contributed by atoms with E-state index in [1.807, 2.05) is 4.72 Å². The maximum atomic E-state index is 13.7. The van der Waals surface area contributed by atoms with Gasteiger partial charge in [0.1, 0.15) is 11.9 Å². The quantitative estimate of drug-likeness (QED) is 0.640. The van der Waals surface area contributed by atoms with Gasteiger partial charge in [0.15, 0.2) is 5.03 Å². The molecule has 2 rings (SSSR count). The van der Waals surface area contributed by atoms with E-state index in [4.69, 9.17) is 0 Å². The Hall–Kier alpha value is -1.61. The van der Waals surface area contributed by atoms with Crippen molar-refractivity contribution in [1.82, 2.24) is 14.0 Å². The highest BCUT2D eigenvalue weighted by Crippen LogP contribution is 2.40. The van der Waals surface area contributed by atoms with Crippen LogP contribution in [0.5, 0.6) is 0 Å². The highest BCUT2D eigenvalue weighted by Gasteiger charge is 2.49. The van der Waals surface area contributed by atoms with E-state index in [1.165, 1.54) is 6.92 Å². The molecule has 0 amide bonds. The summed E-state index contributed by atoms with van der Waals surface area (Å²) in [6, 6.07) is 0.645. The second-order valence-electron chi connectivity index (χ2n) is 5.36. The molecule has 0 saturated carbocycles. The van der Waals surface area contributed by atoms with Gasteiger partial charge in [0, 0.05) is 11.9 Å². The van der Waals surface area contributed by atoms with Gasteiger partial charge < -0.3 is 0 Å². The minimum absolute atomic E-state index is 0.144. The molecule has 1 aromatic heterocycles. The summed E-state index contributed by atoms with van der Waals surface area (Å²) in [5, 5.41) is 0.0184. The van der Waals surface area contributed by atoms with Gasteiger partial charge in [-0.25, -0.2) is 30.9 Å². The lowest BCUT2D eigenvalue weighted by molar-refractivity contribution is -0.173. The Balaban J connectivity index is 2.57. The second kappa shape index (κ2) is 8.02. The zero-order valence-electron chi connectivity index (χ0n) is 14.4. The zero-order chi connectivity index (χ0) is 21.3. The fourth-order valence-corrected chi connectivity index (χ4v) is 6.10. The third kappa shape index (κ3) is 4.51. The van der Waals surface area contributed by atoms with E-state index in [9.17, 15) is 34.4 Å². The zero-order valence-corrected chi connectivity index (χ0v) is 16.9. The van der Waals surface area contributed by atoms with Crippen LogP contribution in [-0.4, -0.2) is 45.9 Å². The van der Waals surface area contributed by atoms with E-state index in [1.54, 1.807) is 0 Å². The Morgan fingerprint density at radius 3 is 2.21 bits per heavy atom. The van der Waals surface area contributed by atoms with Crippen molar-refractivity contribution in [2.75, 3.05) is 13.6 Å². The largest absolute Gasteiger partial charge is 0.409 e. The maximum Gasteiger partial charge on any atom is 0.409 e. The van der Waals surface area contributed by atoms with Crippen molar-refractivity contribution in [2.24, 2.45) is 0 Å². The van der Waals surface area contributed by atoms with Crippen LogP contribution in [-0.2, 0) is 20.0 Å². The van der Waals surface area contributed by atoms with Crippen LogP contribution in [0.1, 0.15) is 18.5 Å². The molecular weight excluding hydrogens is 446 g/mol. The average molecular weight is 461 g/mol. The normalized spacial score (nSPS) is 14.4. The van der Waals surface area contributed by atoms with E-state index in [0.717, 1.165) is 36.7 Å². The van der Waals surface area contributed by atoms with Gasteiger partial charge in [0.2, 0.25) is 4.34 Å². The molecule has 1 unspecified atom stereocenters. The molecule has 0 saturated heterocycles. The molecular formula is C14H15F4N3O4S3. The van der Waals surface area contributed by atoms with Gasteiger partial charge in [-0.2, -0.15) is 17.5 Å². The smallest absolute Gasteiger partial charge is 0.212 e. The molecule has 1 aromatic carbocycles. The van der Waals surface area contributed by atoms with Crippen LogP contribution in [0.3, 0.4) is 0 Å². The summed E-state index contributed by atoms with van der Waals surface area (Å²) in [7, 11) is -7.80. The molecule has 0 radical (unpaired) electrons. The number of rotatable bonds is 7. The first-order valence-corrected chi connectivity index (χ1v) is 11.4. The lowest BCUT2D eigenvalue weighted by Crippen LogP contribution is -2.42. The molecule has 14 heteroatoms. The van der Waals surface area contributed by atoms with Gasteiger partial charge in [-0.1, -0.05) is 19.1 Å². The second-order valence-corrected chi connectivity index (χ2v) is 10.1. The minimum atomic E-state index is -5.02. The van der Waals surface area contributed by atoms with Crippen LogP contribution in [0, 0.1) is 5.82 Å². The van der Waals surface area contributed by atoms with Crippen molar-refractivity contribution in [2.45, 2.75) is 28.5 Å². The number of hydrogen-bond acceptors (Lipinski definition) is 6. The predicted octanol–water partition coefficient (Wildman–Crippen LogP) is 2.50. The Kier molecular flexibility index (Phi) is 6.50. The molecule has 0 aliphatic heterocycles. The number of nitrogens with zero attached hydrogens (tertiary/aromatic N) is 2. The lowest BCUT2D eigenvalue weighted by Gasteiger charge is -2.31. The fraction of sp³-hybridized carbons (Fsp3) is 0.357. The van der Waals surface area contributed by atoms with Gasteiger partial charge in [0.05, 0.1) is 0 Å². The Labute approximate surface area is 163 Å². The number of aromatic nitrogens is 1. The molecule has 1 heterocycles. The Bertz CT molecular complexity index is 1030. The first-order valence-electron chi connectivity index (χ1n) is 7.57. The number of halogens is 4. The summed E-state index contributed by atoms with van der Waals surface area (Å²) in [6.07, 6.45) is -5.02. The van der Waals surface area contributed by atoms with Gasteiger partial charge in [-0.05, 0) is 24.7 Å². The van der Waals surface area contributed by atoms with Crippen LogP contribution in [0.25, 0.3) is 0 Å². The molecule has 0 aliphatic rings. The van der Waals surface area contributed by atoms with Crippen LogP contribution < -0.4 is 4.72 Å². The number of benzene rings is 1. The third-order valence-electron chi connectivity index (χ3n) is 3.63. The van der Waals surface area contributed by atoms with E-state index in [-0.39, 0.29) is 4.31 Å². The number of hydrogen-bond donors (Lipinski definition) is 1. The Morgan fingerprint density at radius 2 is 1.75 bits per heavy atom. The van der Waals surface area contributed by atoms with Gasteiger partial charge in [-0.15, -0.1) is 11.3 Å². The van der Waals surface area contributed by atoms with Gasteiger partial charge >= 0.3 is 6.18 Å². The SMILES string of the molecule is CCN(C(c1ccc(F)cc1)C(F)(F)F)S(=O)(=O)c1csc(S(=O)(=O)NC)n1. The molecule has 0 aliphatic carbocycles. The van der Waals surface area contributed by atoms with Gasteiger partial charge in [0.25, 0.3) is 20.0 Å². The molecule has 2 aromatic rings. The first kappa shape index (κ1) is 22.7. The van der Waals surface area contributed by atoms with E-state index in [2.05, 4.69) is 4.98 Å². The van der Waals surface area contributed by atoms with Crippen LogP contribution >= 0.6 is 11.3 Å². The van der Waals surface area contributed by atoms with Crippen LogP contribution in [0.15, 0.2) is 39.0 Å². The Morgan fingerprint density at radius 1 is 1.18 bits per heavy atom. The number of nitrogens with one attached hydrogen (secondary N) is 1. The molecule has 28 heavy (non-hydrogen) atoms. The van der Waals surface area contributed by atoms with E-state index >= 15 is 0 Å².